The van der Waals surface area contributed by atoms with E-state index in [-0.39, 0.29) is 11.3 Å². The van der Waals surface area contributed by atoms with Gasteiger partial charge in [-0.3, -0.25) is 14.2 Å². The molecule has 0 saturated heterocycles. The third kappa shape index (κ3) is 1.65. The number of carbonyl (C=O) groups excluding carboxylic acids is 1. The van der Waals surface area contributed by atoms with Gasteiger partial charge in [0.15, 0.2) is 11.3 Å². The molecule has 0 amide bonds. The number of hydrogen-bond acceptors (Lipinski definition) is 2. The highest BCUT2D eigenvalue weighted by atomic mass is 16.1. The predicted molar refractivity (Wildman–Crippen MR) is 110 cm³/mol. The Kier molecular flexibility index (Phi) is 2.83. The molecule has 1 atom stereocenters. The molecule has 3 heteroatoms. The summed E-state index contributed by atoms with van der Waals surface area (Å²) in [5, 5.41) is 1.51. The second-order valence-corrected chi connectivity index (χ2v) is 7.30. The Hall–Kier alpha value is -3.72. The first-order valence-corrected chi connectivity index (χ1v) is 9.30. The topological polar surface area (TPSA) is 39.1 Å². The normalized spacial score (nSPS) is 18.9. The van der Waals surface area contributed by atoms with Crippen LogP contribution in [-0.4, -0.2) is 10.4 Å². The Morgan fingerprint density at radius 1 is 0.714 bits per heavy atom. The molecule has 4 aromatic rings. The first-order chi connectivity index (χ1) is 13.7. The lowest BCUT2D eigenvalue weighted by atomic mass is 9.74. The lowest BCUT2D eigenvalue weighted by Crippen LogP contribution is -2.48. The Bertz CT molecular complexity index is 1410. The van der Waals surface area contributed by atoms with Crippen molar-refractivity contribution in [1.29, 1.82) is 0 Å². The Labute approximate surface area is 161 Å². The third-order valence-electron chi connectivity index (χ3n) is 5.98. The molecule has 0 N–H and O–H groups in total. The van der Waals surface area contributed by atoms with Gasteiger partial charge in [0.05, 0.1) is 5.69 Å². The van der Waals surface area contributed by atoms with Gasteiger partial charge in [-0.25, -0.2) is 0 Å². The molecule has 0 fully saturated rings. The molecule has 1 aromatic heterocycles. The van der Waals surface area contributed by atoms with Gasteiger partial charge < -0.3 is 0 Å². The molecule has 0 radical (unpaired) electrons. The largest absolute Gasteiger partial charge is 0.291 e. The minimum atomic E-state index is -1.15. The van der Waals surface area contributed by atoms with E-state index in [1.165, 1.54) is 0 Å². The van der Waals surface area contributed by atoms with Crippen LogP contribution in [0.4, 0.5) is 0 Å². The maximum Gasteiger partial charge on any atom is 0.260 e. The maximum absolute atomic E-state index is 13.7. The number of carbonyl (C=O) groups is 1. The van der Waals surface area contributed by atoms with Crippen LogP contribution in [-0.2, 0) is 10.3 Å². The van der Waals surface area contributed by atoms with Crippen LogP contribution in [0.15, 0.2) is 89.7 Å². The number of aromatic nitrogens is 1. The molecule has 0 bridgehead atoms. The summed E-state index contributed by atoms with van der Waals surface area (Å²) >= 11 is 0. The van der Waals surface area contributed by atoms with Gasteiger partial charge in [-0.15, -0.1) is 0 Å². The molecule has 3 aromatic carbocycles. The number of nitrogens with zero attached hydrogens (tertiary/aromatic N) is 1. The zero-order valence-electron chi connectivity index (χ0n) is 14.9. The van der Waals surface area contributed by atoms with Crippen molar-refractivity contribution in [2.45, 2.75) is 5.54 Å². The SMILES string of the molecule is O=C1C=Cc2ccccc2C12c1ccccc1-c1cc3ccccc3c(=O)n12. The van der Waals surface area contributed by atoms with Crippen LogP contribution < -0.4 is 5.56 Å². The fourth-order valence-corrected chi connectivity index (χ4v) is 4.83. The zero-order chi connectivity index (χ0) is 18.9. The summed E-state index contributed by atoms with van der Waals surface area (Å²) in [6.45, 7) is 0. The van der Waals surface area contributed by atoms with Gasteiger partial charge in [-0.05, 0) is 40.3 Å². The zero-order valence-corrected chi connectivity index (χ0v) is 14.9. The molecule has 1 aliphatic carbocycles. The number of ketones is 1. The average Bonchev–Trinajstić information content (AvgIpc) is 3.03. The molecule has 1 spiro atoms. The van der Waals surface area contributed by atoms with Crippen LogP contribution in [0, 0.1) is 0 Å². The van der Waals surface area contributed by atoms with Crippen LogP contribution >= 0.6 is 0 Å². The molecule has 28 heavy (non-hydrogen) atoms. The number of allylic oxidation sites excluding steroid dienone is 1. The fourth-order valence-electron chi connectivity index (χ4n) is 4.83. The van der Waals surface area contributed by atoms with Gasteiger partial charge in [-0.1, -0.05) is 72.8 Å². The second kappa shape index (κ2) is 5.17. The summed E-state index contributed by atoms with van der Waals surface area (Å²) < 4.78 is 1.71. The lowest BCUT2D eigenvalue weighted by Gasteiger charge is -2.34. The molecule has 6 rings (SSSR count). The third-order valence-corrected chi connectivity index (χ3v) is 5.98. The summed E-state index contributed by atoms with van der Waals surface area (Å²) in [6, 6.07) is 25.3. The second-order valence-electron chi connectivity index (χ2n) is 7.30. The van der Waals surface area contributed by atoms with Crippen molar-refractivity contribution in [1.82, 2.24) is 4.57 Å². The predicted octanol–water partition coefficient (Wildman–Crippen LogP) is 4.37. The smallest absolute Gasteiger partial charge is 0.260 e. The van der Waals surface area contributed by atoms with E-state index in [0.717, 1.165) is 33.3 Å². The molecule has 1 unspecified atom stereocenters. The van der Waals surface area contributed by atoms with E-state index in [1.807, 2.05) is 84.9 Å². The quantitative estimate of drug-likeness (QED) is 0.467. The Morgan fingerprint density at radius 3 is 2.32 bits per heavy atom. The number of hydrogen-bond donors (Lipinski definition) is 0. The molecular formula is C25H15NO2. The average molecular weight is 361 g/mol. The molecule has 2 aliphatic rings. The van der Waals surface area contributed by atoms with Crippen LogP contribution in [0.1, 0.15) is 16.7 Å². The van der Waals surface area contributed by atoms with Crippen molar-refractivity contribution in [2.24, 2.45) is 0 Å². The van der Waals surface area contributed by atoms with Crippen molar-refractivity contribution in [3.05, 3.63) is 112 Å². The summed E-state index contributed by atoms with van der Waals surface area (Å²) in [4.78, 5) is 27.3. The number of fused-ring (bicyclic) bond motifs is 8. The van der Waals surface area contributed by atoms with Gasteiger partial charge in [0.1, 0.15) is 0 Å². The van der Waals surface area contributed by atoms with Crippen molar-refractivity contribution in [3.63, 3.8) is 0 Å². The summed E-state index contributed by atoms with van der Waals surface area (Å²) in [7, 11) is 0. The van der Waals surface area contributed by atoms with Gasteiger partial charge >= 0.3 is 0 Å². The van der Waals surface area contributed by atoms with E-state index >= 15 is 0 Å². The van der Waals surface area contributed by atoms with Gasteiger partial charge in [0, 0.05) is 10.9 Å². The molecule has 1 aliphatic heterocycles. The number of rotatable bonds is 0. The van der Waals surface area contributed by atoms with E-state index in [2.05, 4.69) is 0 Å². The fraction of sp³-hybridized carbons (Fsp3) is 0.0400. The molecule has 0 saturated carbocycles. The highest BCUT2D eigenvalue weighted by molar-refractivity contribution is 6.10. The van der Waals surface area contributed by atoms with Crippen molar-refractivity contribution >= 4 is 22.6 Å². The van der Waals surface area contributed by atoms with Crippen molar-refractivity contribution < 1.29 is 4.79 Å². The minimum Gasteiger partial charge on any atom is -0.291 e. The molecular weight excluding hydrogens is 346 g/mol. The highest BCUT2D eigenvalue weighted by Gasteiger charge is 2.52. The number of pyridine rings is 1. The summed E-state index contributed by atoms with van der Waals surface area (Å²) in [5.41, 5.74) is 3.11. The Morgan fingerprint density at radius 2 is 1.43 bits per heavy atom. The highest BCUT2D eigenvalue weighted by Crippen LogP contribution is 2.50. The van der Waals surface area contributed by atoms with E-state index in [0.29, 0.717) is 5.39 Å². The van der Waals surface area contributed by atoms with Crippen molar-refractivity contribution in [3.8, 4) is 11.3 Å². The first kappa shape index (κ1) is 15.3. The molecule has 3 nitrogen and oxygen atoms in total. The lowest BCUT2D eigenvalue weighted by molar-refractivity contribution is -0.119. The number of benzene rings is 3. The van der Waals surface area contributed by atoms with E-state index in [9.17, 15) is 9.59 Å². The van der Waals surface area contributed by atoms with Crippen molar-refractivity contribution in [2.75, 3.05) is 0 Å². The van der Waals surface area contributed by atoms with E-state index in [1.54, 1.807) is 10.6 Å². The van der Waals surface area contributed by atoms with Crippen LogP contribution in [0.3, 0.4) is 0 Å². The minimum absolute atomic E-state index is 0.0882. The van der Waals surface area contributed by atoms with Gasteiger partial charge in [-0.2, -0.15) is 0 Å². The maximum atomic E-state index is 13.7. The van der Waals surface area contributed by atoms with Gasteiger partial charge in [0.2, 0.25) is 0 Å². The monoisotopic (exact) mass is 361 g/mol. The van der Waals surface area contributed by atoms with Crippen LogP contribution in [0.25, 0.3) is 28.1 Å². The standard InChI is InChI=1S/C25H15NO2/c27-23-14-13-16-7-2-5-11-20(16)25(23)21-12-6-4-10-19(21)22-15-17-8-1-3-9-18(17)24(28)26(22)25/h1-15H. The van der Waals surface area contributed by atoms with E-state index < -0.39 is 5.54 Å². The van der Waals surface area contributed by atoms with Crippen LogP contribution in [0.2, 0.25) is 0 Å². The van der Waals surface area contributed by atoms with Crippen LogP contribution in [0.5, 0.6) is 0 Å². The first-order valence-electron chi connectivity index (χ1n) is 9.30. The summed E-state index contributed by atoms with van der Waals surface area (Å²) in [6.07, 6.45) is 3.45. The van der Waals surface area contributed by atoms with E-state index in [4.69, 9.17) is 0 Å². The molecule has 2 heterocycles. The molecule has 132 valence electrons. The Balaban J connectivity index is 1.89. The summed E-state index contributed by atoms with van der Waals surface area (Å²) in [5.74, 6) is -0.0882. The van der Waals surface area contributed by atoms with Gasteiger partial charge in [0.25, 0.3) is 5.56 Å².